The number of nitrogens with one attached hydrogen (secondary N) is 1. The second-order valence-electron chi connectivity index (χ2n) is 5.12. The predicted molar refractivity (Wildman–Crippen MR) is 75.3 cm³/mol. The van der Waals surface area contributed by atoms with Crippen molar-refractivity contribution in [3.63, 3.8) is 0 Å². The SMILES string of the molecule is NCc1ccc(S(=O)(=O)NC2CCCCCC2O)cn1. The van der Waals surface area contributed by atoms with Gasteiger partial charge in [0.15, 0.2) is 0 Å². The molecule has 2 rings (SSSR count). The first kappa shape index (κ1) is 15.4. The van der Waals surface area contributed by atoms with Crippen molar-refractivity contribution < 1.29 is 13.5 Å². The van der Waals surface area contributed by atoms with E-state index in [2.05, 4.69) is 9.71 Å². The summed E-state index contributed by atoms with van der Waals surface area (Å²) in [6.45, 7) is 0.273. The molecule has 2 unspecified atom stereocenters. The minimum absolute atomic E-state index is 0.103. The quantitative estimate of drug-likeness (QED) is 0.703. The number of aliphatic hydroxyl groups is 1. The monoisotopic (exact) mass is 299 g/mol. The van der Waals surface area contributed by atoms with Crippen molar-refractivity contribution in [1.82, 2.24) is 9.71 Å². The molecule has 1 aromatic rings. The number of nitrogens with zero attached hydrogens (tertiary/aromatic N) is 1. The van der Waals surface area contributed by atoms with Gasteiger partial charge in [0, 0.05) is 18.8 Å². The van der Waals surface area contributed by atoms with Crippen molar-refractivity contribution in [2.24, 2.45) is 5.73 Å². The molecule has 0 amide bonds. The van der Waals surface area contributed by atoms with Crippen LogP contribution in [0.5, 0.6) is 0 Å². The highest BCUT2D eigenvalue weighted by Gasteiger charge is 2.27. The fourth-order valence-corrected chi connectivity index (χ4v) is 3.63. The van der Waals surface area contributed by atoms with E-state index in [-0.39, 0.29) is 11.4 Å². The normalized spacial score (nSPS) is 24.3. The van der Waals surface area contributed by atoms with Crippen LogP contribution in [-0.4, -0.2) is 30.7 Å². The molecular formula is C13H21N3O3S. The molecule has 7 heteroatoms. The molecule has 20 heavy (non-hydrogen) atoms. The molecule has 0 aromatic carbocycles. The van der Waals surface area contributed by atoms with Crippen LogP contribution in [0.3, 0.4) is 0 Å². The summed E-state index contributed by atoms with van der Waals surface area (Å²) >= 11 is 0. The van der Waals surface area contributed by atoms with Crippen molar-refractivity contribution in [2.75, 3.05) is 0 Å². The molecule has 112 valence electrons. The van der Waals surface area contributed by atoms with Gasteiger partial charge in [0.25, 0.3) is 0 Å². The lowest BCUT2D eigenvalue weighted by Crippen LogP contribution is -2.42. The van der Waals surface area contributed by atoms with Crippen LogP contribution in [0.2, 0.25) is 0 Å². The zero-order valence-electron chi connectivity index (χ0n) is 11.3. The molecule has 0 radical (unpaired) electrons. The van der Waals surface area contributed by atoms with Crippen molar-refractivity contribution >= 4 is 10.0 Å². The zero-order valence-corrected chi connectivity index (χ0v) is 12.1. The largest absolute Gasteiger partial charge is 0.391 e. The van der Waals surface area contributed by atoms with E-state index in [9.17, 15) is 13.5 Å². The Kier molecular flexibility index (Phi) is 5.09. The molecule has 0 saturated heterocycles. The molecule has 0 aliphatic heterocycles. The summed E-state index contributed by atoms with van der Waals surface area (Å²) in [7, 11) is -3.65. The first-order valence-electron chi connectivity index (χ1n) is 6.88. The molecular weight excluding hydrogens is 278 g/mol. The fourth-order valence-electron chi connectivity index (χ4n) is 2.38. The van der Waals surface area contributed by atoms with Gasteiger partial charge >= 0.3 is 0 Å². The Balaban J connectivity index is 2.12. The van der Waals surface area contributed by atoms with Gasteiger partial charge in [0.2, 0.25) is 10.0 Å². The lowest BCUT2D eigenvalue weighted by atomic mass is 10.1. The molecule has 1 aromatic heterocycles. The molecule has 1 aliphatic rings. The molecule has 0 spiro atoms. The van der Waals surface area contributed by atoms with Gasteiger partial charge in [-0.25, -0.2) is 13.1 Å². The number of nitrogens with two attached hydrogens (primary N) is 1. The van der Waals surface area contributed by atoms with Gasteiger partial charge in [0.1, 0.15) is 4.90 Å². The van der Waals surface area contributed by atoms with E-state index >= 15 is 0 Å². The molecule has 1 heterocycles. The van der Waals surface area contributed by atoms with Crippen LogP contribution in [0.25, 0.3) is 0 Å². The van der Waals surface area contributed by atoms with E-state index in [1.165, 1.54) is 12.3 Å². The maximum Gasteiger partial charge on any atom is 0.242 e. The first-order chi connectivity index (χ1) is 9.53. The minimum atomic E-state index is -3.65. The highest BCUT2D eigenvalue weighted by Crippen LogP contribution is 2.20. The molecule has 1 saturated carbocycles. The predicted octanol–water partition coefficient (Wildman–Crippen LogP) is 0.512. The van der Waals surface area contributed by atoms with E-state index in [1.807, 2.05) is 0 Å². The van der Waals surface area contributed by atoms with Gasteiger partial charge in [0.05, 0.1) is 11.8 Å². The Morgan fingerprint density at radius 1 is 1.30 bits per heavy atom. The van der Waals surface area contributed by atoms with Crippen molar-refractivity contribution in [3.05, 3.63) is 24.0 Å². The third-order valence-electron chi connectivity index (χ3n) is 3.60. The topological polar surface area (TPSA) is 105 Å². The maximum absolute atomic E-state index is 12.3. The minimum Gasteiger partial charge on any atom is -0.391 e. The second kappa shape index (κ2) is 6.62. The number of hydrogen-bond acceptors (Lipinski definition) is 5. The summed E-state index contributed by atoms with van der Waals surface area (Å²) < 4.78 is 27.1. The van der Waals surface area contributed by atoms with Crippen LogP contribution >= 0.6 is 0 Å². The summed E-state index contributed by atoms with van der Waals surface area (Å²) in [5.41, 5.74) is 6.07. The van der Waals surface area contributed by atoms with Crippen LogP contribution in [0, 0.1) is 0 Å². The highest BCUT2D eigenvalue weighted by atomic mass is 32.2. The fraction of sp³-hybridized carbons (Fsp3) is 0.615. The Morgan fingerprint density at radius 2 is 2.05 bits per heavy atom. The number of rotatable bonds is 4. The van der Waals surface area contributed by atoms with Crippen molar-refractivity contribution in [3.8, 4) is 0 Å². The number of aromatic nitrogens is 1. The Bertz CT molecular complexity index is 530. The van der Waals surface area contributed by atoms with E-state index in [4.69, 9.17) is 5.73 Å². The molecule has 2 atom stereocenters. The van der Waals surface area contributed by atoms with Gasteiger partial charge in [-0.2, -0.15) is 0 Å². The van der Waals surface area contributed by atoms with E-state index in [0.29, 0.717) is 18.5 Å². The van der Waals surface area contributed by atoms with Gasteiger partial charge in [-0.3, -0.25) is 4.98 Å². The van der Waals surface area contributed by atoms with Crippen LogP contribution < -0.4 is 10.5 Å². The maximum atomic E-state index is 12.3. The molecule has 0 bridgehead atoms. The van der Waals surface area contributed by atoms with E-state index in [0.717, 1.165) is 19.3 Å². The van der Waals surface area contributed by atoms with Crippen molar-refractivity contribution in [2.45, 2.75) is 55.7 Å². The molecule has 4 N–H and O–H groups in total. The van der Waals surface area contributed by atoms with Crippen molar-refractivity contribution in [1.29, 1.82) is 0 Å². The average molecular weight is 299 g/mol. The third kappa shape index (κ3) is 3.76. The van der Waals surface area contributed by atoms with Gasteiger partial charge in [-0.05, 0) is 25.0 Å². The summed E-state index contributed by atoms with van der Waals surface area (Å²) in [6.07, 6.45) is 4.87. The third-order valence-corrected chi connectivity index (χ3v) is 5.08. The highest BCUT2D eigenvalue weighted by molar-refractivity contribution is 7.89. The van der Waals surface area contributed by atoms with Crippen LogP contribution in [-0.2, 0) is 16.6 Å². The van der Waals surface area contributed by atoms with Gasteiger partial charge in [-0.15, -0.1) is 0 Å². The first-order valence-corrected chi connectivity index (χ1v) is 8.36. The lowest BCUT2D eigenvalue weighted by molar-refractivity contribution is 0.130. The Hall–Kier alpha value is -1.02. The van der Waals surface area contributed by atoms with Gasteiger partial charge < -0.3 is 10.8 Å². The summed E-state index contributed by atoms with van der Waals surface area (Å²) in [6, 6.07) is 2.66. The number of sulfonamides is 1. The van der Waals surface area contributed by atoms with Gasteiger partial charge in [-0.1, -0.05) is 19.3 Å². The van der Waals surface area contributed by atoms with E-state index < -0.39 is 22.2 Å². The molecule has 1 fully saturated rings. The summed E-state index contributed by atoms with van der Waals surface area (Å²) in [5.74, 6) is 0. The standard InChI is InChI=1S/C13H21N3O3S/c14-8-10-6-7-11(9-15-10)20(18,19)16-12-4-2-1-3-5-13(12)17/h6-7,9,12-13,16-17H,1-5,8,14H2. The van der Waals surface area contributed by atoms with Crippen LogP contribution in [0.15, 0.2) is 23.2 Å². The second-order valence-corrected chi connectivity index (χ2v) is 6.84. The summed E-state index contributed by atoms with van der Waals surface area (Å²) in [5, 5.41) is 9.98. The Morgan fingerprint density at radius 3 is 2.70 bits per heavy atom. The smallest absolute Gasteiger partial charge is 0.242 e. The molecule has 1 aliphatic carbocycles. The van der Waals surface area contributed by atoms with E-state index in [1.54, 1.807) is 6.07 Å². The lowest BCUT2D eigenvalue weighted by Gasteiger charge is -2.21. The van der Waals surface area contributed by atoms with Crippen LogP contribution in [0.4, 0.5) is 0 Å². The zero-order chi connectivity index (χ0) is 14.6. The average Bonchev–Trinajstić information content (AvgIpc) is 2.64. The summed E-state index contributed by atoms with van der Waals surface area (Å²) in [4.78, 5) is 4.09. The number of aliphatic hydroxyl groups excluding tert-OH is 1. The van der Waals surface area contributed by atoms with Crippen LogP contribution in [0.1, 0.15) is 37.8 Å². The molecule has 6 nitrogen and oxygen atoms in total. The number of hydrogen-bond donors (Lipinski definition) is 3. The Labute approximate surface area is 119 Å². The number of pyridine rings is 1.